The van der Waals surface area contributed by atoms with Crippen LogP contribution in [0, 0.1) is 6.92 Å². The Labute approximate surface area is 162 Å². The highest BCUT2D eigenvalue weighted by Crippen LogP contribution is 2.36. The summed E-state index contributed by atoms with van der Waals surface area (Å²) < 4.78 is 44.5. The fourth-order valence-electron chi connectivity index (χ4n) is 2.76. The lowest BCUT2D eigenvalue weighted by atomic mass is 9.99. The molecule has 0 bridgehead atoms. The number of methoxy groups -OCH3 is 1. The molecule has 0 fully saturated rings. The number of H-pyrrole nitrogens is 1. The molecule has 3 aromatic heterocycles. The van der Waals surface area contributed by atoms with Crippen molar-refractivity contribution in [1.82, 2.24) is 15.0 Å². The van der Waals surface area contributed by atoms with Crippen LogP contribution in [-0.2, 0) is 10.9 Å². The smallest absolute Gasteiger partial charge is 0.418 e. The molecule has 0 aliphatic carbocycles. The number of rotatable bonds is 3. The molecule has 1 amide bonds. The Kier molecular flexibility index (Phi) is 5.35. The van der Waals surface area contributed by atoms with Gasteiger partial charge in [-0.3, -0.25) is 15.1 Å². The fraction of sp³-hybridized carbons (Fsp3) is 0.158. The lowest BCUT2D eigenvalue weighted by Crippen LogP contribution is -2.13. The van der Waals surface area contributed by atoms with Crippen molar-refractivity contribution in [2.45, 2.75) is 13.1 Å². The fourth-order valence-corrected chi connectivity index (χ4v) is 2.76. The number of aromatic amines is 1. The van der Waals surface area contributed by atoms with Gasteiger partial charge in [-0.1, -0.05) is 0 Å². The molecule has 0 radical (unpaired) electrons. The summed E-state index contributed by atoms with van der Waals surface area (Å²) in [6.07, 6.45) is -1.98. The second-order valence-electron chi connectivity index (χ2n) is 6.07. The van der Waals surface area contributed by atoms with E-state index in [1.807, 2.05) is 0 Å². The van der Waals surface area contributed by atoms with Gasteiger partial charge in [-0.2, -0.15) is 13.2 Å². The number of ether oxygens (including phenoxy) is 1. The van der Waals surface area contributed by atoms with Crippen LogP contribution in [0.2, 0.25) is 0 Å². The van der Waals surface area contributed by atoms with E-state index in [9.17, 15) is 22.8 Å². The molecular formula is C19H15F3N4O3. The Morgan fingerprint density at radius 3 is 2.62 bits per heavy atom. The highest BCUT2D eigenvalue weighted by atomic mass is 19.4. The molecule has 7 nitrogen and oxygen atoms in total. The van der Waals surface area contributed by atoms with E-state index in [0.29, 0.717) is 22.9 Å². The Balaban J connectivity index is 2.14. The first-order valence-electron chi connectivity index (χ1n) is 8.27. The number of aromatic nitrogens is 3. The van der Waals surface area contributed by atoms with Gasteiger partial charge in [0, 0.05) is 35.9 Å². The molecule has 29 heavy (non-hydrogen) atoms. The average Bonchev–Trinajstić information content (AvgIpc) is 2.68. The van der Waals surface area contributed by atoms with Crippen molar-refractivity contribution in [2.75, 3.05) is 12.4 Å². The van der Waals surface area contributed by atoms with Crippen LogP contribution in [0.25, 0.3) is 22.4 Å². The summed E-state index contributed by atoms with van der Waals surface area (Å²) in [5.41, 5.74) is -0.231. The molecule has 150 valence electrons. The van der Waals surface area contributed by atoms with Gasteiger partial charge >= 0.3 is 12.3 Å². The van der Waals surface area contributed by atoms with Gasteiger partial charge in [-0.25, -0.2) is 9.78 Å². The molecular weight excluding hydrogens is 389 g/mol. The molecule has 3 heterocycles. The summed E-state index contributed by atoms with van der Waals surface area (Å²) in [5, 5.41) is 2.40. The summed E-state index contributed by atoms with van der Waals surface area (Å²) in [5.74, 6) is 0.166. The predicted octanol–water partition coefficient (Wildman–Crippen LogP) is 4.00. The molecule has 0 saturated heterocycles. The summed E-state index contributed by atoms with van der Waals surface area (Å²) >= 11 is 0. The van der Waals surface area contributed by atoms with Crippen LogP contribution in [0.5, 0.6) is 0 Å². The third kappa shape index (κ3) is 4.42. The number of halogens is 3. The maximum Gasteiger partial charge on any atom is 0.418 e. The second-order valence-corrected chi connectivity index (χ2v) is 6.07. The van der Waals surface area contributed by atoms with Crippen LogP contribution in [0.1, 0.15) is 11.1 Å². The minimum absolute atomic E-state index is 0.0130. The molecule has 0 aliphatic heterocycles. The maximum atomic E-state index is 13.3. The number of amides is 1. The largest absolute Gasteiger partial charge is 0.453 e. The highest BCUT2D eigenvalue weighted by Gasteiger charge is 2.34. The first-order chi connectivity index (χ1) is 13.7. The van der Waals surface area contributed by atoms with E-state index in [1.54, 1.807) is 6.92 Å². The normalized spacial score (nSPS) is 11.2. The summed E-state index contributed by atoms with van der Waals surface area (Å²) in [4.78, 5) is 33.6. The van der Waals surface area contributed by atoms with Gasteiger partial charge in [0.1, 0.15) is 5.82 Å². The highest BCUT2D eigenvalue weighted by molar-refractivity contribution is 5.85. The molecule has 2 N–H and O–H groups in total. The van der Waals surface area contributed by atoms with Gasteiger partial charge in [-0.15, -0.1) is 0 Å². The summed E-state index contributed by atoms with van der Waals surface area (Å²) in [6.45, 7) is 1.72. The van der Waals surface area contributed by atoms with Crippen LogP contribution >= 0.6 is 0 Å². The second kappa shape index (κ2) is 7.74. The molecule has 0 unspecified atom stereocenters. The van der Waals surface area contributed by atoms with E-state index in [4.69, 9.17) is 0 Å². The van der Waals surface area contributed by atoms with Crippen LogP contribution in [-0.4, -0.2) is 28.2 Å². The first kappa shape index (κ1) is 20.1. The number of pyridine rings is 3. The van der Waals surface area contributed by atoms with E-state index >= 15 is 0 Å². The molecule has 10 heteroatoms. The Morgan fingerprint density at radius 1 is 1.17 bits per heavy atom. The molecule has 0 saturated carbocycles. The lowest BCUT2D eigenvalue weighted by Gasteiger charge is -2.14. The van der Waals surface area contributed by atoms with Gasteiger partial charge in [0.25, 0.3) is 0 Å². The number of nitrogens with zero attached hydrogens (tertiary/aromatic N) is 2. The molecule has 3 aromatic rings. The van der Waals surface area contributed by atoms with E-state index in [2.05, 4.69) is 25.0 Å². The minimum Gasteiger partial charge on any atom is -0.453 e. The van der Waals surface area contributed by atoms with E-state index in [0.717, 1.165) is 0 Å². The SMILES string of the molecule is COC(=O)Nc1cc(-c2cc(-c3ccncc3C(F)(F)F)[nH]c(=O)c2)c(C)cn1. The van der Waals surface area contributed by atoms with Crippen molar-refractivity contribution in [3.63, 3.8) is 0 Å². The number of hydrogen-bond donors (Lipinski definition) is 2. The van der Waals surface area contributed by atoms with Crippen molar-refractivity contribution in [1.29, 1.82) is 0 Å². The van der Waals surface area contributed by atoms with E-state index in [1.165, 1.54) is 43.8 Å². The minimum atomic E-state index is -4.64. The zero-order valence-electron chi connectivity index (χ0n) is 15.3. The van der Waals surface area contributed by atoms with Gasteiger partial charge in [0.2, 0.25) is 5.56 Å². The molecule has 0 aliphatic rings. The maximum absolute atomic E-state index is 13.3. The number of alkyl halides is 3. The lowest BCUT2D eigenvalue weighted by molar-refractivity contribution is -0.137. The van der Waals surface area contributed by atoms with Crippen molar-refractivity contribution in [3.8, 4) is 22.4 Å². The quantitative estimate of drug-likeness (QED) is 0.688. The summed E-state index contributed by atoms with van der Waals surface area (Å²) in [6, 6.07) is 5.36. The standard InChI is InChI=1S/C19H15F3N4O3/c1-10-8-24-16(26-18(28)29-2)7-13(10)11-5-15(25-17(27)6-11)12-3-4-23-9-14(12)19(20,21)22/h3-9H,1-2H3,(H,25,27)(H,24,26,28). The van der Waals surface area contributed by atoms with Crippen molar-refractivity contribution >= 4 is 11.9 Å². The van der Waals surface area contributed by atoms with Crippen molar-refractivity contribution in [3.05, 3.63) is 64.3 Å². The predicted molar refractivity (Wildman–Crippen MR) is 99.3 cm³/mol. The third-order valence-electron chi connectivity index (χ3n) is 4.09. The van der Waals surface area contributed by atoms with Gasteiger partial charge in [0.05, 0.1) is 12.7 Å². The number of anilines is 1. The zero-order valence-corrected chi connectivity index (χ0v) is 15.3. The van der Waals surface area contributed by atoms with Crippen LogP contribution < -0.4 is 10.9 Å². The van der Waals surface area contributed by atoms with Crippen LogP contribution in [0.3, 0.4) is 0 Å². The molecule has 3 rings (SSSR count). The monoisotopic (exact) mass is 404 g/mol. The molecule has 0 aromatic carbocycles. The van der Waals surface area contributed by atoms with Crippen molar-refractivity contribution < 1.29 is 22.7 Å². The zero-order chi connectivity index (χ0) is 21.2. The average molecular weight is 404 g/mol. The topological polar surface area (TPSA) is 97.0 Å². The molecule has 0 spiro atoms. The number of nitrogens with one attached hydrogen (secondary N) is 2. The Bertz CT molecular complexity index is 1130. The van der Waals surface area contributed by atoms with Crippen LogP contribution in [0.4, 0.5) is 23.8 Å². The van der Waals surface area contributed by atoms with E-state index in [-0.39, 0.29) is 17.1 Å². The van der Waals surface area contributed by atoms with Crippen LogP contribution in [0.15, 0.2) is 47.7 Å². The third-order valence-corrected chi connectivity index (χ3v) is 4.09. The Hall–Kier alpha value is -3.69. The number of aryl methyl sites for hydroxylation is 1. The van der Waals surface area contributed by atoms with Gasteiger partial charge < -0.3 is 9.72 Å². The van der Waals surface area contributed by atoms with Crippen molar-refractivity contribution in [2.24, 2.45) is 0 Å². The number of carbonyl (C=O) groups excluding carboxylic acids is 1. The number of carbonyl (C=O) groups is 1. The number of hydrogen-bond acceptors (Lipinski definition) is 5. The van der Waals surface area contributed by atoms with Gasteiger partial charge in [-0.05, 0) is 41.8 Å². The molecule has 0 atom stereocenters. The first-order valence-corrected chi connectivity index (χ1v) is 8.27. The van der Waals surface area contributed by atoms with Gasteiger partial charge in [0.15, 0.2) is 0 Å². The summed E-state index contributed by atoms with van der Waals surface area (Å²) in [7, 11) is 1.19. The van der Waals surface area contributed by atoms with E-state index < -0.39 is 23.4 Å². The Morgan fingerprint density at radius 2 is 1.93 bits per heavy atom.